The van der Waals surface area contributed by atoms with Crippen molar-refractivity contribution in [1.29, 1.82) is 0 Å². The van der Waals surface area contributed by atoms with E-state index in [2.05, 4.69) is 0 Å². The summed E-state index contributed by atoms with van der Waals surface area (Å²) in [6.07, 6.45) is 1.87. The maximum Gasteiger partial charge on any atom is 0.255 e. The molecular formula is C16H15O3. The standard InChI is InChI=1S/C16H15O3/c1-16(12-13-17,18-14-8-4-2-5-9-14)19-15-10-6-3-7-11-15/h2-11H,12H2,1H3. The van der Waals surface area contributed by atoms with E-state index in [1.807, 2.05) is 66.9 Å². The quantitative estimate of drug-likeness (QED) is 0.742. The van der Waals surface area contributed by atoms with Gasteiger partial charge < -0.3 is 9.47 Å². The lowest BCUT2D eigenvalue weighted by molar-refractivity contribution is -0.0912. The maximum absolute atomic E-state index is 10.7. The highest BCUT2D eigenvalue weighted by Crippen LogP contribution is 2.24. The zero-order valence-corrected chi connectivity index (χ0v) is 10.7. The van der Waals surface area contributed by atoms with Gasteiger partial charge in [0, 0.05) is 6.92 Å². The molecule has 0 spiro atoms. The number of para-hydroxylation sites is 2. The summed E-state index contributed by atoms with van der Waals surface area (Å²) in [6, 6.07) is 18.5. The third kappa shape index (κ3) is 3.85. The molecule has 1 radical (unpaired) electrons. The van der Waals surface area contributed by atoms with Gasteiger partial charge in [0.25, 0.3) is 5.79 Å². The lowest BCUT2D eigenvalue weighted by atomic mass is 10.2. The lowest BCUT2D eigenvalue weighted by Gasteiger charge is -2.29. The first-order valence-electron chi connectivity index (χ1n) is 6.05. The summed E-state index contributed by atoms with van der Waals surface area (Å²) in [5.74, 6) is 0.233. The predicted octanol–water partition coefficient (Wildman–Crippen LogP) is 3.36. The Morgan fingerprint density at radius 1 is 0.895 bits per heavy atom. The molecule has 0 atom stereocenters. The molecule has 0 fully saturated rings. The van der Waals surface area contributed by atoms with Gasteiger partial charge in [-0.15, -0.1) is 0 Å². The Hall–Kier alpha value is -2.29. The van der Waals surface area contributed by atoms with Crippen LogP contribution in [0.4, 0.5) is 0 Å². The van der Waals surface area contributed by atoms with E-state index in [0.717, 1.165) is 0 Å². The van der Waals surface area contributed by atoms with Crippen LogP contribution in [-0.4, -0.2) is 12.1 Å². The van der Waals surface area contributed by atoms with E-state index in [4.69, 9.17) is 9.47 Å². The molecule has 2 aromatic rings. The first-order chi connectivity index (χ1) is 9.22. The zero-order valence-electron chi connectivity index (χ0n) is 10.7. The highest BCUT2D eigenvalue weighted by molar-refractivity contribution is 5.52. The van der Waals surface area contributed by atoms with E-state index < -0.39 is 5.79 Å². The molecule has 2 rings (SSSR count). The van der Waals surface area contributed by atoms with Crippen LogP contribution in [0, 0.1) is 0 Å². The molecule has 0 unspecified atom stereocenters. The second kappa shape index (κ2) is 6.05. The predicted molar refractivity (Wildman–Crippen MR) is 72.9 cm³/mol. The number of ether oxygens (including phenoxy) is 2. The van der Waals surface area contributed by atoms with Crippen molar-refractivity contribution in [1.82, 2.24) is 0 Å². The van der Waals surface area contributed by atoms with Crippen LogP contribution in [0.25, 0.3) is 0 Å². The van der Waals surface area contributed by atoms with Crippen LogP contribution in [0.3, 0.4) is 0 Å². The Kier molecular flexibility index (Phi) is 4.18. The van der Waals surface area contributed by atoms with Crippen molar-refractivity contribution in [2.45, 2.75) is 19.1 Å². The number of rotatable bonds is 6. The third-order valence-electron chi connectivity index (χ3n) is 2.55. The SMILES string of the molecule is CC(C[C]=O)(Oc1ccccc1)Oc1ccccc1. The fourth-order valence-electron chi connectivity index (χ4n) is 1.70. The largest absolute Gasteiger partial charge is 0.452 e. The highest BCUT2D eigenvalue weighted by atomic mass is 16.7. The molecule has 0 aliphatic rings. The number of hydrogen-bond donors (Lipinski definition) is 0. The van der Waals surface area contributed by atoms with Crippen molar-refractivity contribution in [2.24, 2.45) is 0 Å². The van der Waals surface area contributed by atoms with Gasteiger partial charge in [0.2, 0.25) is 6.29 Å². The molecule has 3 nitrogen and oxygen atoms in total. The van der Waals surface area contributed by atoms with Crippen molar-refractivity contribution in [2.75, 3.05) is 0 Å². The molecule has 0 saturated heterocycles. The molecule has 0 N–H and O–H groups in total. The summed E-state index contributed by atoms with van der Waals surface area (Å²) in [6.45, 7) is 1.72. The summed E-state index contributed by atoms with van der Waals surface area (Å²) in [5, 5.41) is 0. The van der Waals surface area contributed by atoms with E-state index in [1.165, 1.54) is 0 Å². The van der Waals surface area contributed by atoms with E-state index in [0.29, 0.717) is 11.5 Å². The van der Waals surface area contributed by atoms with E-state index >= 15 is 0 Å². The van der Waals surface area contributed by atoms with Gasteiger partial charge in [0.05, 0.1) is 6.42 Å². The Balaban J connectivity index is 2.15. The molecule has 0 bridgehead atoms. The van der Waals surface area contributed by atoms with Crippen LogP contribution in [0.15, 0.2) is 60.7 Å². The van der Waals surface area contributed by atoms with E-state index in [9.17, 15) is 4.79 Å². The van der Waals surface area contributed by atoms with Crippen molar-refractivity contribution in [3.05, 3.63) is 60.7 Å². The fourth-order valence-corrected chi connectivity index (χ4v) is 1.70. The Bertz CT molecular complexity index is 467. The van der Waals surface area contributed by atoms with Crippen molar-refractivity contribution >= 4 is 6.29 Å². The molecule has 0 aromatic heterocycles. The van der Waals surface area contributed by atoms with Crippen LogP contribution >= 0.6 is 0 Å². The monoisotopic (exact) mass is 255 g/mol. The lowest BCUT2D eigenvalue weighted by Crippen LogP contribution is -2.39. The smallest absolute Gasteiger partial charge is 0.255 e. The average molecular weight is 255 g/mol. The summed E-state index contributed by atoms with van der Waals surface area (Å²) in [4.78, 5) is 10.7. The normalized spacial score (nSPS) is 10.8. The first-order valence-corrected chi connectivity index (χ1v) is 6.05. The van der Waals surface area contributed by atoms with Gasteiger partial charge in [-0.2, -0.15) is 0 Å². The molecule has 97 valence electrons. The number of hydrogen-bond acceptors (Lipinski definition) is 3. The van der Waals surface area contributed by atoms with Gasteiger partial charge in [-0.05, 0) is 24.3 Å². The topological polar surface area (TPSA) is 35.5 Å². The molecular weight excluding hydrogens is 240 g/mol. The first kappa shape index (κ1) is 13.1. The van der Waals surface area contributed by atoms with Gasteiger partial charge in [0.15, 0.2) is 0 Å². The second-order valence-corrected chi connectivity index (χ2v) is 4.29. The molecule has 0 amide bonds. The van der Waals surface area contributed by atoms with Crippen molar-refractivity contribution in [3.8, 4) is 11.5 Å². The Labute approximate surface area is 112 Å². The maximum atomic E-state index is 10.7. The number of carbonyl (C=O) groups excluding carboxylic acids is 1. The van der Waals surface area contributed by atoms with E-state index in [1.54, 1.807) is 6.92 Å². The molecule has 3 heteroatoms. The molecule has 2 aromatic carbocycles. The Morgan fingerprint density at radius 3 is 1.68 bits per heavy atom. The molecule has 0 saturated carbocycles. The minimum absolute atomic E-state index is 0.0246. The molecule has 0 aliphatic heterocycles. The highest BCUT2D eigenvalue weighted by Gasteiger charge is 2.29. The second-order valence-electron chi connectivity index (χ2n) is 4.29. The van der Waals surface area contributed by atoms with Crippen LogP contribution < -0.4 is 9.47 Å². The summed E-state index contributed by atoms with van der Waals surface area (Å²) >= 11 is 0. The van der Waals surface area contributed by atoms with Crippen LogP contribution in [-0.2, 0) is 4.79 Å². The number of benzene rings is 2. The van der Waals surface area contributed by atoms with Gasteiger partial charge in [-0.3, -0.25) is 4.79 Å². The fraction of sp³-hybridized carbons (Fsp3) is 0.188. The van der Waals surface area contributed by atoms with Crippen LogP contribution in [0.2, 0.25) is 0 Å². The minimum Gasteiger partial charge on any atom is -0.452 e. The summed E-state index contributed by atoms with van der Waals surface area (Å²) < 4.78 is 11.5. The van der Waals surface area contributed by atoms with Crippen LogP contribution in [0.5, 0.6) is 11.5 Å². The zero-order chi connectivity index (χ0) is 13.6. The van der Waals surface area contributed by atoms with Gasteiger partial charge in [0.1, 0.15) is 11.5 Å². The Morgan fingerprint density at radius 2 is 1.32 bits per heavy atom. The van der Waals surface area contributed by atoms with Crippen molar-refractivity contribution in [3.63, 3.8) is 0 Å². The van der Waals surface area contributed by atoms with Gasteiger partial charge in [-0.1, -0.05) is 36.4 Å². The average Bonchev–Trinajstić information content (AvgIpc) is 2.41. The molecule has 19 heavy (non-hydrogen) atoms. The van der Waals surface area contributed by atoms with E-state index in [-0.39, 0.29) is 6.42 Å². The molecule has 0 aliphatic carbocycles. The summed E-state index contributed by atoms with van der Waals surface area (Å²) in [5.41, 5.74) is 0. The summed E-state index contributed by atoms with van der Waals surface area (Å²) in [7, 11) is 0. The third-order valence-corrected chi connectivity index (χ3v) is 2.55. The molecule has 0 heterocycles. The van der Waals surface area contributed by atoms with Crippen LogP contribution in [0.1, 0.15) is 13.3 Å². The minimum atomic E-state index is -1.07. The van der Waals surface area contributed by atoms with Gasteiger partial charge >= 0.3 is 0 Å². The van der Waals surface area contributed by atoms with Crippen molar-refractivity contribution < 1.29 is 14.3 Å². The van der Waals surface area contributed by atoms with Gasteiger partial charge in [-0.25, -0.2) is 0 Å².